The molecule has 2 nitrogen and oxygen atoms in total. The van der Waals surface area contributed by atoms with E-state index in [1.807, 2.05) is 12.3 Å². The van der Waals surface area contributed by atoms with Crippen LogP contribution in [-0.4, -0.2) is 14.6 Å². The Morgan fingerprint density at radius 2 is 1.38 bits per heavy atom. The van der Waals surface area contributed by atoms with Crippen molar-refractivity contribution in [2.24, 2.45) is 0 Å². The molecular formula is C23H30NOP. The Kier molecular flexibility index (Phi) is 4.48. The maximum atomic E-state index is 14.5. The van der Waals surface area contributed by atoms with Gasteiger partial charge >= 0.3 is 0 Å². The summed E-state index contributed by atoms with van der Waals surface area (Å²) < 4.78 is 16.5. The molecule has 138 valence electrons. The van der Waals surface area contributed by atoms with E-state index in [4.69, 9.17) is 0 Å². The highest BCUT2D eigenvalue weighted by atomic mass is 31.2. The van der Waals surface area contributed by atoms with Crippen LogP contribution in [0.15, 0.2) is 54.7 Å². The first-order valence-electron chi connectivity index (χ1n) is 9.25. The Hall–Kier alpha value is -1.79. The van der Waals surface area contributed by atoms with Gasteiger partial charge in [-0.25, -0.2) is 0 Å². The first-order valence-corrected chi connectivity index (χ1v) is 10.9. The minimum atomic E-state index is -2.75. The molecule has 0 saturated heterocycles. The number of hydrogen-bond acceptors (Lipinski definition) is 1. The zero-order valence-corrected chi connectivity index (χ0v) is 17.9. The predicted octanol–water partition coefficient (Wildman–Crippen LogP) is 7.34. The maximum Gasteiger partial charge on any atom is 0.186 e. The van der Waals surface area contributed by atoms with Crippen molar-refractivity contribution in [1.82, 2.24) is 4.34 Å². The molecule has 0 bridgehead atoms. The maximum absolute atomic E-state index is 14.5. The van der Waals surface area contributed by atoms with Gasteiger partial charge in [-0.1, -0.05) is 77.9 Å². The number of benzene rings is 2. The fraction of sp³-hybridized carbons (Fsp3) is 0.391. The Labute approximate surface area is 157 Å². The van der Waals surface area contributed by atoms with Gasteiger partial charge in [-0.2, -0.15) is 0 Å². The van der Waals surface area contributed by atoms with Crippen LogP contribution in [-0.2, 0) is 4.57 Å². The van der Waals surface area contributed by atoms with Gasteiger partial charge in [-0.3, -0.25) is 8.90 Å². The molecule has 0 amide bonds. The molecule has 3 heteroatoms. The zero-order chi connectivity index (χ0) is 19.3. The van der Waals surface area contributed by atoms with Crippen molar-refractivity contribution in [2.45, 2.75) is 58.8 Å². The molecule has 0 N–H and O–H groups in total. The van der Waals surface area contributed by atoms with Gasteiger partial charge in [0, 0.05) is 21.9 Å². The van der Waals surface area contributed by atoms with Crippen LogP contribution < -0.4 is 0 Å². The van der Waals surface area contributed by atoms with Gasteiger partial charge < -0.3 is 0 Å². The molecule has 0 saturated carbocycles. The van der Waals surface area contributed by atoms with Gasteiger partial charge in [0.25, 0.3) is 0 Å². The lowest BCUT2D eigenvalue weighted by atomic mass is 10.0. The van der Waals surface area contributed by atoms with Crippen molar-refractivity contribution in [3.8, 4) is 11.1 Å². The summed E-state index contributed by atoms with van der Waals surface area (Å²) in [4.78, 5) is 0. The highest BCUT2D eigenvalue weighted by Gasteiger charge is 2.48. The van der Waals surface area contributed by atoms with Crippen LogP contribution >= 0.6 is 7.29 Å². The molecule has 3 aromatic rings. The third-order valence-corrected chi connectivity index (χ3v) is 9.82. The van der Waals surface area contributed by atoms with Gasteiger partial charge in [-0.05, 0) is 35.7 Å². The predicted molar refractivity (Wildman–Crippen MR) is 115 cm³/mol. The number of aryl methyl sites for hydroxylation is 1. The van der Waals surface area contributed by atoms with Crippen LogP contribution in [0.25, 0.3) is 22.0 Å². The summed E-state index contributed by atoms with van der Waals surface area (Å²) >= 11 is 0. The second-order valence-corrected chi connectivity index (χ2v) is 13.4. The lowest BCUT2D eigenvalue weighted by Crippen LogP contribution is -2.32. The van der Waals surface area contributed by atoms with E-state index < -0.39 is 7.29 Å². The second-order valence-electron chi connectivity index (χ2n) is 9.17. The smallest absolute Gasteiger partial charge is 0.186 e. The van der Waals surface area contributed by atoms with Crippen LogP contribution in [0.3, 0.4) is 0 Å². The van der Waals surface area contributed by atoms with Crippen LogP contribution in [0.1, 0.15) is 47.1 Å². The summed E-state index contributed by atoms with van der Waals surface area (Å²) in [5.74, 6) is 0. The lowest BCUT2D eigenvalue weighted by molar-refractivity contribution is 0.509. The van der Waals surface area contributed by atoms with E-state index in [0.717, 1.165) is 5.52 Å². The minimum absolute atomic E-state index is 0.326. The van der Waals surface area contributed by atoms with Crippen LogP contribution in [0.4, 0.5) is 0 Å². The van der Waals surface area contributed by atoms with Crippen molar-refractivity contribution >= 4 is 18.2 Å². The van der Waals surface area contributed by atoms with Crippen molar-refractivity contribution in [3.63, 3.8) is 0 Å². The Balaban J connectivity index is 2.35. The summed E-state index contributed by atoms with van der Waals surface area (Å²) in [6.45, 7) is 14.7. The van der Waals surface area contributed by atoms with E-state index in [2.05, 4.69) is 95.3 Å². The van der Waals surface area contributed by atoms with Crippen molar-refractivity contribution in [3.05, 3.63) is 60.3 Å². The molecule has 0 unspecified atom stereocenters. The fourth-order valence-electron chi connectivity index (χ4n) is 4.11. The number of hydrogen-bond donors (Lipinski definition) is 0. The normalized spacial score (nSPS) is 13.3. The third kappa shape index (κ3) is 2.85. The molecule has 0 aliphatic carbocycles. The van der Waals surface area contributed by atoms with Gasteiger partial charge in [0.05, 0.1) is 5.52 Å². The summed E-state index contributed by atoms with van der Waals surface area (Å²) in [6.07, 6.45) is 2.03. The van der Waals surface area contributed by atoms with Crippen molar-refractivity contribution in [2.75, 3.05) is 0 Å². The minimum Gasteiger partial charge on any atom is -0.299 e. The summed E-state index contributed by atoms with van der Waals surface area (Å²) in [6, 6.07) is 16.9. The molecule has 1 aromatic heterocycles. The average molecular weight is 367 g/mol. The van der Waals surface area contributed by atoms with Crippen LogP contribution in [0, 0.1) is 6.92 Å². The van der Waals surface area contributed by atoms with Gasteiger partial charge in [0.2, 0.25) is 0 Å². The first kappa shape index (κ1) is 19.0. The molecule has 2 aromatic carbocycles. The van der Waals surface area contributed by atoms with E-state index in [-0.39, 0.29) is 10.3 Å². The number of aromatic nitrogens is 1. The van der Waals surface area contributed by atoms with E-state index >= 15 is 0 Å². The van der Waals surface area contributed by atoms with E-state index in [9.17, 15) is 4.57 Å². The molecule has 0 aliphatic heterocycles. The Morgan fingerprint density at radius 3 is 1.92 bits per heavy atom. The number of rotatable bonds is 2. The third-order valence-electron chi connectivity index (χ3n) is 5.22. The molecule has 1 heterocycles. The Morgan fingerprint density at radius 1 is 0.808 bits per heavy atom. The number of fused-ring (bicyclic) bond motifs is 1. The molecule has 0 atom stereocenters. The SMILES string of the molecule is Cc1cc(-c2ccccc2)cc2c1ccn2P(=O)(C(C)(C)C)C(C)(C)C. The molecule has 0 spiro atoms. The van der Waals surface area contributed by atoms with E-state index in [0.29, 0.717) is 0 Å². The first-order chi connectivity index (χ1) is 12.0. The van der Waals surface area contributed by atoms with E-state index in [1.54, 1.807) is 0 Å². The highest BCUT2D eigenvalue weighted by Crippen LogP contribution is 2.68. The second kappa shape index (κ2) is 6.13. The summed E-state index contributed by atoms with van der Waals surface area (Å²) in [7, 11) is -2.75. The topological polar surface area (TPSA) is 22.0 Å². The molecule has 0 radical (unpaired) electrons. The molecule has 0 fully saturated rings. The van der Waals surface area contributed by atoms with Gasteiger partial charge in [-0.15, -0.1) is 0 Å². The molecule has 3 rings (SSSR count). The molecule has 26 heavy (non-hydrogen) atoms. The highest BCUT2D eigenvalue weighted by molar-refractivity contribution is 7.65. The zero-order valence-electron chi connectivity index (χ0n) is 17.0. The Bertz CT molecular complexity index is 967. The number of nitrogens with zero attached hydrogens (tertiary/aromatic N) is 1. The van der Waals surface area contributed by atoms with Gasteiger partial charge in [0.15, 0.2) is 7.29 Å². The standard InChI is InChI=1S/C23H30NOP/c1-17-15-19(18-11-9-8-10-12-18)16-21-20(17)13-14-24(21)26(25,22(2,3)4)23(5,6)7/h8-16H,1-7H3. The van der Waals surface area contributed by atoms with Crippen molar-refractivity contribution < 1.29 is 4.57 Å². The fourth-order valence-corrected chi connectivity index (χ4v) is 8.14. The largest absolute Gasteiger partial charge is 0.299 e. The average Bonchev–Trinajstić information content (AvgIpc) is 2.97. The van der Waals surface area contributed by atoms with Crippen LogP contribution in [0.2, 0.25) is 0 Å². The quantitative estimate of drug-likeness (QED) is 0.434. The van der Waals surface area contributed by atoms with Crippen LogP contribution in [0.5, 0.6) is 0 Å². The summed E-state index contributed by atoms with van der Waals surface area (Å²) in [5, 5.41) is 0.528. The van der Waals surface area contributed by atoms with Gasteiger partial charge in [0.1, 0.15) is 0 Å². The van der Waals surface area contributed by atoms with Crippen molar-refractivity contribution in [1.29, 1.82) is 0 Å². The van der Waals surface area contributed by atoms with E-state index in [1.165, 1.54) is 22.1 Å². The lowest BCUT2D eigenvalue weighted by Gasteiger charge is -2.42. The monoisotopic (exact) mass is 367 g/mol. The molecule has 0 aliphatic rings. The summed E-state index contributed by atoms with van der Waals surface area (Å²) in [5.41, 5.74) is 4.64. The molecular weight excluding hydrogens is 337 g/mol.